The van der Waals surface area contributed by atoms with E-state index in [-0.39, 0.29) is 0 Å². The zero-order valence-corrected chi connectivity index (χ0v) is 9.57. The molecule has 2 heterocycles. The molecular formula is C14H13N3. The maximum absolute atomic E-state index is 6.01. The van der Waals surface area contributed by atoms with Crippen LogP contribution in [0.1, 0.15) is 18.2 Å². The lowest BCUT2D eigenvalue weighted by atomic mass is 9.99. The van der Waals surface area contributed by atoms with Gasteiger partial charge in [-0.25, -0.2) is 4.99 Å². The molecule has 3 nitrogen and oxygen atoms in total. The van der Waals surface area contributed by atoms with Crippen LogP contribution in [0.4, 0.5) is 5.69 Å². The van der Waals surface area contributed by atoms with Crippen LogP contribution in [-0.4, -0.2) is 10.8 Å². The maximum atomic E-state index is 6.01. The third-order valence-electron chi connectivity index (χ3n) is 3.05. The number of hydrogen-bond acceptors (Lipinski definition) is 2. The van der Waals surface area contributed by atoms with Crippen LogP contribution in [0.5, 0.6) is 0 Å². The molecule has 2 aromatic rings. The largest absolute Gasteiger partial charge is 0.383 e. The van der Waals surface area contributed by atoms with E-state index in [1.807, 2.05) is 36.5 Å². The fourth-order valence-corrected chi connectivity index (χ4v) is 2.20. The molecule has 0 radical (unpaired) electrons. The molecule has 0 unspecified atom stereocenters. The number of hydrogen-bond donors (Lipinski definition) is 2. The monoisotopic (exact) mass is 223 g/mol. The molecule has 0 saturated carbocycles. The van der Waals surface area contributed by atoms with Gasteiger partial charge in [0, 0.05) is 23.0 Å². The topological polar surface area (TPSA) is 54.2 Å². The second kappa shape index (κ2) is 3.63. The van der Waals surface area contributed by atoms with Crippen molar-refractivity contribution in [3.63, 3.8) is 0 Å². The van der Waals surface area contributed by atoms with E-state index in [0.717, 1.165) is 28.1 Å². The van der Waals surface area contributed by atoms with E-state index in [0.29, 0.717) is 5.84 Å². The quantitative estimate of drug-likeness (QED) is 0.767. The van der Waals surface area contributed by atoms with Gasteiger partial charge in [-0.1, -0.05) is 18.2 Å². The average Bonchev–Trinajstić information content (AvgIpc) is 2.94. The number of nitrogens with zero attached hydrogens (tertiary/aromatic N) is 1. The molecule has 1 aliphatic rings. The molecule has 17 heavy (non-hydrogen) atoms. The number of nitrogens with one attached hydrogen (secondary N) is 1. The summed E-state index contributed by atoms with van der Waals surface area (Å²) in [6.45, 7) is 2.06. The van der Waals surface area contributed by atoms with Gasteiger partial charge < -0.3 is 10.7 Å². The Hall–Kier alpha value is -2.29. The summed E-state index contributed by atoms with van der Waals surface area (Å²) >= 11 is 0. The fourth-order valence-electron chi connectivity index (χ4n) is 2.20. The fraction of sp³-hybridized carbons (Fsp3) is 0.0714. The van der Waals surface area contributed by atoms with E-state index in [4.69, 9.17) is 5.73 Å². The molecule has 84 valence electrons. The highest BCUT2D eigenvalue weighted by Crippen LogP contribution is 2.37. The molecule has 3 heteroatoms. The van der Waals surface area contributed by atoms with E-state index in [1.165, 1.54) is 0 Å². The lowest BCUT2D eigenvalue weighted by Gasteiger charge is -2.06. The minimum absolute atomic E-state index is 0.596. The molecule has 0 fully saturated rings. The number of amidine groups is 1. The minimum Gasteiger partial charge on any atom is -0.383 e. The number of aliphatic imine (C=N–C) groups is 1. The third kappa shape index (κ3) is 1.47. The van der Waals surface area contributed by atoms with Crippen molar-refractivity contribution in [3.05, 3.63) is 53.9 Å². The zero-order chi connectivity index (χ0) is 11.8. The molecule has 0 aliphatic carbocycles. The Balaban J connectivity index is 2.23. The summed E-state index contributed by atoms with van der Waals surface area (Å²) in [6.07, 6.45) is 1.91. The second-order valence-electron chi connectivity index (χ2n) is 4.10. The first kappa shape index (κ1) is 9.90. The Labute approximate surface area is 99.7 Å². The number of H-pyrrole nitrogens is 1. The summed E-state index contributed by atoms with van der Waals surface area (Å²) in [5.74, 6) is 0.596. The van der Waals surface area contributed by atoms with Crippen LogP contribution in [0.3, 0.4) is 0 Å². The Bertz CT molecular complexity index is 619. The first-order valence-electron chi connectivity index (χ1n) is 5.56. The zero-order valence-electron chi connectivity index (χ0n) is 9.57. The molecule has 0 atom stereocenters. The van der Waals surface area contributed by atoms with Gasteiger partial charge in [0.15, 0.2) is 0 Å². The van der Waals surface area contributed by atoms with Crippen LogP contribution < -0.4 is 5.73 Å². The Morgan fingerprint density at radius 1 is 1.18 bits per heavy atom. The Morgan fingerprint density at radius 3 is 2.76 bits per heavy atom. The highest BCUT2D eigenvalue weighted by Gasteiger charge is 2.20. The number of benzene rings is 1. The maximum Gasteiger partial charge on any atom is 0.132 e. The summed E-state index contributed by atoms with van der Waals surface area (Å²) in [5, 5.41) is 0. The van der Waals surface area contributed by atoms with Crippen LogP contribution in [0.2, 0.25) is 0 Å². The SMILES string of the molecule is CC(=C1C(N)=Nc2ccccc21)c1ccc[nH]1. The number of allylic oxidation sites excluding steroid dienone is 1. The Morgan fingerprint density at radius 2 is 2.00 bits per heavy atom. The highest BCUT2D eigenvalue weighted by molar-refractivity contribution is 6.32. The minimum atomic E-state index is 0.596. The van der Waals surface area contributed by atoms with E-state index in [2.05, 4.69) is 23.0 Å². The standard InChI is InChI=1S/C14H13N3/c1-9(11-7-4-8-16-11)13-10-5-2-3-6-12(10)17-14(13)15/h2-8,16H,1H3,(H2,15,17). The van der Waals surface area contributed by atoms with Crippen molar-refractivity contribution in [2.75, 3.05) is 0 Å². The summed E-state index contributed by atoms with van der Waals surface area (Å²) in [4.78, 5) is 7.58. The second-order valence-corrected chi connectivity index (χ2v) is 4.10. The van der Waals surface area contributed by atoms with Crippen molar-refractivity contribution in [1.82, 2.24) is 4.98 Å². The van der Waals surface area contributed by atoms with Crippen molar-refractivity contribution in [3.8, 4) is 0 Å². The van der Waals surface area contributed by atoms with Crippen molar-refractivity contribution < 1.29 is 0 Å². The number of fused-ring (bicyclic) bond motifs is 1. The van der Waals surface area contributed by atoms with Crippen LogP contribution in [0.15, 0.2) is 47.6 Å². The number of aromatic amines is 1. The van der Waals surface area contributed by atoms with Crippen molar-refractivity contribution >= 4 is 22.7 Å². The van der Waals surface area contributed by atoms with Gasteiger partial charge in [-0.2, -0.15) is 0 Å². The van der Waals surface area contributed by atoms with Gasteiger partial charge in [-0.3, -0.25) is 0 Å². The number of rotatable bonds is 1. The number of nitrogens with two attached hydrogens (primary N) is 1. The first-order chi connectivity index (χ1) is 8.27. The van der Waals surface area contributed by atoms with Gasteiger partial charge in [-0.05, 0) is 30.7 Å². The summed E-state index contributed by atoms with van der Waals surface area (Å²) in [6, 6.07) is 12.0. The van der Waals surface area contributed by atoms with Crippen molar-refractivity contribution in [2.45, 2.75) is 6.92 Å². The van der Waals surface area contributed by atoms with Crippen LogP contribution >= 0.6 is 0 Å². The Kier molecular flexibility index (Phi) is 2.11. The molecule has 1 aliphatic heterocycles. The van der Waals surface area contributed by atoms with Crippen LogP contribution in [0, 0.1) is 0 Å². The van der Waals surface area contributed by atoms with E-state index in [1.54, 1.807) is 0 Å². The van der Waals surface area contributed by atoms with Crippen molar-refractivity contribution in [1.29, 1.82) is 0 Å². The molecule has 0 saturated heterocycles. The van der Waals surface area contributed by atoms with Gasteiger partial charge in [0.1, 0.15) is 5.84 Å². The van der Waals surface area contributed by atoms with Gasteiger partial charge in [0.2, 0.25) is 0 Å². The summed E-state index contributed by atoms with van der Waals surface area (Å²) in [5.41, 5.74) is 11.3. The summed E-state index contributed by atoms with van der Waals surface area (Å²) < 4.78 is 0. The normalized spacial score (nSPS) is 16.6. The lowest BCUT2D eigenvalue weighted by Crippen LogP contribution is -2.11. The van der Waals surface area contributed by atoms with Crippen molar-refractivity contribution in [2.24, 2.45) is 10.7 Å². The van der Waals surface area contributed by atoms with Gasteiger partial charge >= 0.3 is 0 Å². The van der Waals surface area contributed by atoms with Gasteiger partial charge in [0.05, 0.1) is 5.69 Å². The third-order valence-corrected chi connectivity index (χ3v) is 3.05. The smallest absolute Gasteiger partial charge is 0.132 e. The molecule has 0 amide bonds. The van der Waals surface area contributed by atoms with E-state index < -0.39 is 0 Å². The van der Waals surface area contributed by atoms with E-state index >= 15 is 0 Å². The summed E-state index contributed by atoms with van der Waals surface area (Å²) in [7, 11) is 0. The van der Waals surface area contributed by atoms with Crippen LogP contribution in [-0.2, 0) is 0 Å². The molecule has 3 N–H and O–H groups in total. The number of para-hydroxylation sites is 1. The molecule has 0 bridgehead atoms. The van der Waals surface area contributed by atoms with Crippen LogP contribution in [0.25, 0.3) is 11.1 Å². The molecule has 0 spiro atoms. The first-order valence-corrected chi connectivity index (χ1v) is 5.56. The molecule has 1 aromatic carbocycles. The molecule has 1 aromatic heterocycles. The van der Waals surface area contributed by atoms with Gasteiger partial charge in [0.25, 0.3) is 0 Å². The molecule has 3 rings (SSSR count). The number of aromatic nitrogens is 1. The van der Waals surface area contributed by atoms with Gasteiger partial charge in [-0.15, -0.1) is 0 Å². The molecular weight excluding hydrogens is 210 g/mol. The lowest BCUT2D eigenvalue weighted by molar-refractivity contribution is 1.34. The van der Waals surface area contributed by atoms with E-state index in [9.17, 15) is 0 Å². The average molecular weight is 223 g/mol. The predicted molar refractivity (Wildman–Crippen MR) is 71.0 cm³/mol. The predicted octanol–water partition coefficient (Wildman–Crippen LogP) is 2.95. The highest BCUT2D eigenvalue weighted by atomic mass is 14.9.